The molecule has 2 aliphatic rings. The Morgan fingerprint density at radius 1 is 0.404 bits per heavy atom. The SMILES string of the molecule is c1ccc(C2(c3ccccc3)c3ccccc3-c3ccc(-n4c5ccccc5c5cc(-c6ccc7oc8c(c7c6)-c6cccc7cccc-8c67)ccc54)cc32)cc1. The van der Waals surface area contributed by atoms with Gasteiger partial charge >= 0.3 is 0 Å². The maximum atomic E-state index is 6.57. The third-order valence-corrected chi connectivity index (χ3v) is 12.8. The Labute approximate surface area is 329 Å². The number of nitrogens with zero attached hydrogens (tertiary/aromatic N) is 1. The van der Waals surface area contributed by atoms with E-state index in [2.05, 4.69) is 205 Å². The van der Waals surface area contributed by atoms with Crippen molar-refractivity contribution < 1.29 is 4.42 Å². The molecule has 0 atom stereocenters. The van der Waals surface area contributed by atoms with Crippen molar-refractivity contribution in [2.24, 2.45) is 0 Å². The van der Waals surface area contributed by atoms with Crippen LogP contribution in [0.15, 0.2) is 205 Å². The molecule has 0 spiro atoms. The Morgan fingerprint density at radius 3 is 1.84 bits per heavy atom. The molecule has 0 fully saturated rings. The third kappa shape index (κ3) is 4.04. The zero-order valence-electron chi connectivity index (χ0n) is 30.9. The van der Waals surface area contributed by atoms with Crippen LogP contribution < -0.4 is 0 Å². The summed E-state index contributed by atoms with van der Waals surface area (Å²) in [6.45, 7) is 0. The normalized spacial score (nSPS) is 13.4. The van der Waals surface area contributed by atoms with Crippen LogP contribution in [0.25, 0.3) is 93.9 Å². The van der Waals surface area contributed by atoms with Gasteiger partial charge in [-0.15, -0.1) is 0 Å². The zero-order chi connectivity index (χ0) is 37.2. The molecule has 0 saturated carbocycles. The molecular formula is C55H33NO. The van der Waals surface area contributed by atoms with Crippen LogP contribution in [-0.4, -0.2) is 4.57 Å². The highest BCUT2D eigenvalue weighted by molar-refractivity contribution is 6.20. The standard InChI is InChI=1S/C55H33NO/c1-3-15-37(16-4-1)55(38-17-5-2-6-18-38)47-23-9-7-19-40(47)41-28-27-39(33-48(41)55)56-49-24-10-8-20-42(49)45-31-35(25-29-50(45)56)36-26-30-51-46(32-36)53-43-21-11-13-34-14-12-22-44(52(34)43)54(53)57-51/h1-33H. The third-order valence-electron chi connectivity index (χ3n) is 12.8. The van der Waals surface area contributed by atoms with E-state index in [1.54, 1.807) is 0 Å². The predicted molar refractivity (Wildman–Crippen MR) is 235 cm³/mol. The highest BCUT2D eigenvalue weighted by Gasteiger charge is 2.46. The van der Waals surface area contributed by atoms with E-state index >= 15 is 0 Å². The van der Waals surface area contributed by atoms with Crippen LogP contribution in [0.5, 0.6) is 0 Å². The van der Waals surface area contributed by atoms with Crippen LogP contribution in [-0.2, 0) is 5.41 Å². The Morgan fingerprint density at radius 2 is 1.04 bits per heavy atom. The number of hydrogen-bond donors (Lipinski definition) is 0. The highest BCUT2D eigenvalue weighted by atomic mass is 16.3. The smallest absolute Gasteiger partial charge is 0.143 e. The fraction of sp³-hybridized carbons (Fsp3) is 0.0182. The molecule has 264 valence electrons. The minimum Gasteiger partial charge on any atom is -0.455 e. The summed E-state index contributed by atoms with van der Waals surface area (Å²) < 4.78 is 9.04. The van der Waals surface area contributed by atoms with E-state index in [0.29, 0.717) is 0 Å². The minimum absolute atomic E-state index is 0.463. The molecule has 0 bridgehead atoms. The number of benzene rings is 9. The molecule has 57 heavy (non-hydrogen) atoms. The van der Waals surface area contributed by atoms with E-state index in [1.807, 2.05) is 0 Å². The fourth-order valence-corrected chi connectivity index (χ4v) is 10.5. The minimum atomic E-state index is -0.463. The Hall–Kier alpha value is -7.42. The van der Waals surface area contributed by atoms with E-state index in [-0.39, 0.29) is 0 Å². The first-order chi connectivity index (χ1) is 28.3. The van der Waals surface area contributed by atoms with Gasteiger partial charge in [-0.3, -0.25) is 0 Å². The molecule has 2 aliphatic carbocycles. The predicted octanol–water partition coefficient (Wildman–Crippen LogP) is 14.4. The molecule has 13 rings (SSSR count). The van der Waals surface area contributed by atoms with Crippen LogP contribution in [0.2, 0.25) is 0 Å². The van der Waals surface area contributed by atoms with Gasteiger partial charge in [-0.1, -0.05) is 158 Å². The highest BCUT2D eigenvalue weighted by Crippen LogP contribution is 2.57. The number of hydrogen-bond acceptors (Lipinski definition) is 1. The van der Waals surface area contributed by atoms with Crippen molar-refractivity contribution in [1.29, 1.82) is 0 Å². The van der Waals surface area contributed by atoms with Crippen molar-refractivity contribution in [2.45, 2.75) is 5.41 Å². The van der Waals surface area contributed by atoms with Gasteiger partial charge in [0.1, 0.15) is 11.3 Å². The lowest BCUT2D eigenvalue weighted by molar-refractivity contribution is 0.634. The van der Waals surface area contributed by atoms with E-state index in [1.165, 1.54) is 93.8 Å². The van der Waals surface area contributed by atoms with Gasteiger partial charge in [0, 0.05) is 38.4 Å². The van der Waals surface area contributed by atoms with Gasteiger partial charge < -0.3 is 8.98 Å². The molecule has 2 nitrogen and oxygen atoms in total. The number of aromatic nitrogens is 1. The van der Waals surface area contributed by atoms with Crippen LogP contribution in [0.1, 0.15) is 22.3 Å². The average Bonchev–Trinajstić information content (AvgIpc) is 4.00. The fourth-order valence-electron chi connectivity index (χ4n) is 10.5. The first-order valence-corrected chi connectivity index (χ1v) is 19.8. The number of fused-ring (bicyclic) bond motifs is 11. The van der Waals surface area contributed by atoms with E-state index in [4.69, 9.17) is 4.42 Å². The van der Waals surface area contributed by atoms with E-state index in [9.17, 15) is 0 Å². The average molecular weight is 724 g/mol. The lowest BCUT2D eigenvalue weighted by Gasteiger charge is -2.34. The zero-order valence-corrected chi connectivity index (χ0v) is 30.9. The summed E-state index contributed by atoms with van der Waals surface area (Å²) >= 11 is 0. The summed E-state index contributed by atoms with van der Waals surface area (Å²) in [5.74, 6) is 0.980. The van der Waals surface area contributed by atoms with Crippen LogP contribution in [0.3, 0.4) is 0 Å². The van der Waals surface area contributed by atoms with Gasteiger partial charge in [-0.25, -0.2) is 0 Å². The second-order valence-corrected chi connectivity index (χ2v) is 15.6. The van der Waals surface area contributed by atoms with Crippen molar-refractivity contribution in [3.05, 3.63) is 222 Å². The van der Waals surface area contributed by atoms with E-state index < -0.39 is 5.41 Å². The largest absolute Gasteiger partial charge is 0.455 e. The number of rotatable bonds is 4. The number of para-hydroxylation sites is 1. The second kappa shape index (κ2) is 11.3. The molecule has 2 heterocycles. The maximum Gasteiger partial charge on any atom is 0.143 e. The molecule has 9 aromatic carbocycles. The van der Waals surface area contributed by atoms with Gasteiger partial charge in [0.15, 0.2) is 0 Å². The molecule has 0 N–H and O–H groups in total. The van der Waals surface area contributed by atoms with Gasteiger partial charge in [0.25, 0.3) is 0 Å². The lowest BCUT2D eigenvalue weighted by Crippen LogP contribution is -2.28. The molecule has 0 aliphatic heterocycles. The molecule has 2 aromatic heterocycles. The Bertz CT molecular complexity index is 3410. The first-order valence-electron chi connectivity index (χ1n) is 19.8. The summed E-state index contributed by atoms with van der Waals surface area (Å²) in [6.07, 6.45) is 0. The summed E-state index contributed by atoms with van der Waals surface area (Å²) in [6, 6.07) is 73.8. The summed E-state index contributed by atoms with van der Waals surface area (Å²) in [7, 11) is 0. The summed E-state index contributed by atoms with van der Waals surface area (Å²) in [4.78, 5) is 0. The molecular weight excluding hydrogens is 691 g/mol. The van der Waals surface area contributed by atoms with Crippen LogP contribution in [0.4, 0.5) is 0 Å². The maximum absolute atomic E-state index is 6.57. The Kier molecular flexibility index (Phi) is 6.13. The first kappa shape index (κ1) is 30.9. The quantitative estimate of drug-likeness (QED) is 0.177. The van der Waals surface area contributed by atoms with Crippen molar-refractivity contribution in [3.63, 3.8) is 0 Å². The molecule has 0 saturated heterocycles. The van der Waals surface area contributed by atoms with Gasteiger partial charge in [-0.2, -0.15) is 0 Å². The van der Waals surface area contributed by atoms with E-state index in [0.717, 1.165) is 22.4 Å². The van der Waals surface area contributed by atoms with Gasteiger partial charge in [-0.05, 0) is 97.9 Å². The van der Waals surface area contributed by atoms with Crippen molar-refractivity contribution in [3.8, 4) is 50.4 Å². The molecule has 0 unspecified atom stereocenters. The Balaban J connectivity index is 1.01. The van der Waals surface area contributed by atoms with Crippen molar-refractivity contribution in [1.82, 2.24) is 4.57 Å². The number of furan rings is 1. The van der Waals surface area contributed by atoms with Crippen LogP contribution in [0, 0.1) is 0 Å². The van der Waals surface area contributed by atoms with Crippen molar-refractivity contribution >= 4 is 43.5 Å². The van der Waals surface area contributed by atoms with Crippen LogP contribution >= 0.6 is 0 Å². The van der Waals surface area contributed by atoms with Gasteiger partial charge in [0.05, 0.1) is 16.4 Å². The summed E-state index contributed by atoms with van der Waals surface area (Å²) in [5, 5.41) is 6.17. The second-order valence-electron chi connectivity index (χ2n) is 15.6. The molecule has 2 heteroatoms. The molecule has 0 amide bonds. The van der Waals surface area contributed by atoms with Crippen molar-refractivity contribution in [2.75, 3.05) is 0 Å². The van der Waals surface area contributed by atoms with Gasteiger partial charge in [0.2, 0.25) is 0 Å². The molecule has 11 aromatic rings. The summed E-state index contributed by atoms with van der Waals surface area (Å²) in [5.41, 5.74) is 17.8. The monoisotopic (exact) mass is 723 g/mol. The lowest BCUT2D eigenvalue weighted by atomic mass is 9.67. The molecule has 0 radical (unpaired) electrons. The topological polar surface area (TPSA) is 18.1 Å².